The highest BCUT2D eigenvalue weighted by Crippen LogP contribution is 2.41. The fraction of sp³-hybridized carbons (Fsp3) is 0.405. The topological polar surface area (TPSA) is 93.1 Å². The molecule has 4 rings (SSSR count). The lowest BCUT2D eigenvalue weighted by atomic mass is 9.77. The minimum Gasteiger partial charge on any atom is -0.425 e. The molecule has 0 saturated heterocycles. The molecule has 3 aromatic carbocycles. The van der Waals surface area contributed by atoms with Crippen LogP contribution < -0.4 is 9.47 Å². The standard InChI is InChI=1S/C37H44O6/c1-4-5-6-8-27-11-13-28(14-12-27)29-15-17-30(18-16-29)31-19-21-32(22-20-31)35-33(42-36(40)25(2)23-38)9-7-10-34(35)43-37(41)26(3)24-39/h7,9-10,15-22,26-28,38-39H,2,4-6,8,11-14,23-24H2,1,3H3. The van der Waals surface area contributed by atoms with Crippen LogP contribution in [0.2, 0.25) is 0 Å². The van der Waals surface area contributed by atoms with Gasteiger partial charge in [0.05, 0.1) is 30.3 Å². The van der Waals surface area contributed by atoms with E-state index in [-0.39, 0.29) is 23.7 Å². The Morgan fingerprint density at radius 2 is 1.42 bits per heavy atom. The number of carbonyl (C=O) groups excluding carboxylic acids is 2. The minimum absolute atomic E-state index is 0.0962. The molecule has 6 nitrogen and oxygen atoms in total. The van der Waals surface area contributed by atoms with Gasteiger partial charge < -0.3 is 19.7 Å². The predicted molar refractivity (Wildman–Crippen MR) is 170 cm³/mol. The van der Waals surface area contributed by atoms with Crippen LogP contribution in [-0.4, -0.2) is 35.4 Å². The number of carbonyl (C=O) groups is 2. The van der Waals surface area contributed by atoms with Crippen molar-refractivity contribution in [2.24, 2.45) is 11.8 Å². The van der Waals surface area contributed by atoms with Crippen LogP contribution in [0.25, 0.3) is 22.3 Å². The Hall–Kier alpha value is -3.74. The van der Waals surface area contributed by atoms with Crippen LogP contribution >= 0.6 is 0 Å². The van der Waals surface area contributed by atoms with E-state index in [0.29, 0.717) is 17.0 Å². The number of hydrogen-bond donors (Lipinski definition) is 2. The summed E-state index contributed by atoms with van der Waals surface area (Å²) in [5.41, 5.74) is 4.54. The molecule has 0 aliphatic heterocycles. The lowest BCUT2D eigenvalue weighted by Gasteiger charge is -2.29. The molecule has 1 atom stereocenters. The van der Waals surface area contributed by atoms with Crippen LogP contribution in [0.4, 0.5) is 0 Å². The molecule has 0 bridgehead atoms. The summed E-state index contributed by atoms with van der Waals surface area (Å²) >= 11 is 0. The molecule has 1 aliphatic carbocycles. The summed E-state index contributed by atoms with van der Waals surface area (Å²) in [6.07, 6.45) is 10.6. The third-order valence-electron chi connectivity index (χ3n) is 8.51. The van der Waals surface area contributed by atoms with Gasteiger partial charge in [-0.1, -0.05) is 93.8 Å². The normalized spacial score (nSPS) is 17.2. The molecule has 0 amide bonds. The summed E-state index contributed by atoms with van der Waals surface area (Å²) in [4.78, 5) is 25.0. The molecule has 0 heterocycles. The molecular formula is C37H44O6. The van der Waals surface area contributed by atoms with Crippen molar-refractivity contribution in [3.63, 3.8) is 0 Å². The molecule has 0 spiro atoms. The van der Waals surface area contributed by atoms with E-state index in [1.807, 2.05) is 24.3 Å². The zero-order valence-electron chi connectivity index (χ0n) is 25.4. The summed E-state index contributed by atoms with van der Waals surface area (Å²) in [6.45, 7) is 6.48. The number of benzene rings is 3. The van der Waals surface area contributed by atoms with Crippen LogP contribution in [0.1, 0.15) is 76.7 Å². The average molecular weight is 585 g/mol. The van der Waals surface area contributed by atoms with Crippen LogP contribution in [-0.2, 0) is 9.59 Å². The first-order valence-electron chi connectivity index (χ1n) is 15.5. The zero-order chi connectivity index (χ0) is 30.8. The van der Waals surface area contributed by atoms with Gasteiger partial charge in [0.1, 0.15) is 11.5 Å². The molecule has 0 radical (unpaired) electrons. The molecule has 1 fully saturated rings. The first kappa shape index (κ1) is 32.2. The van der Waals surface area contributed by atoms with E-state index in [4.69, 9.17) is 9.47 Å². The number of rotatable bonds is 13. The highest BCUT2D eigenvalue weighted by molar-refractivity contribution is 5.92. The predicted octanol–water partition coefficient (Wildman–Crippen LogP) is 7.86. The smallest absolute Gasteiger partial charge is 0.341 e. The zero-order valence-corrected chi connectivity index (χ0v) is 25.4. The van der Waals surface area contributed by atoms with E-state index < -0.39 is 24.5 Å². The molecule has 43 heavy (non-hydrogen) atoms. The van der Waals surface area contributed by atoms with Crippen molar-refractivity contribution in [2.75, 3.05) is 13.2 Å². The van der Waals surface area contributed by atoms with E-state index in [2.05, 4.69) is 37.8 Å². The second kappa shape index (κ2) is 15.6. The Kier molecular flexibility index (Phi) is 11.7. The van der Waals surface area contributed by atoms with Crippen molar-refractivity contribution in [3.8, 4) is 33.8 Å². The lowest BCUT2D eigenvalue weighted by Crippen LogP contribution is -2.21. The second-order valence-corrected chi connectivity index (χ2v) is 11.7. The van der Waals surface area contributed by atoms with Gasteiger partial charge in [0.2, 0.25) is 0 Å². The number of esters is 2. The van der Waals surface area contributed by atoms with E-state index >= 15 is 0 Å². The van der Waals surface area contributed by atoms with Gasteiger partial charge in [-0.05, 0) is 78.8 Å². The van der Waals surface area contributed by atoms with Crippen molar-refractivity contribution in [1.29, 1.82) is 0 Å². The minimum atomic E-state index is -0.780. The Bertz CT molecular complexity index is 1370. The summed E-state index contributed by atoms with van der Waals surface area (Å²) < 4.78 is 11.2. The lowest BCUT2D eigenvalue weighted by molar-refractivity contribution is -0.139. The van der Waals surface area contributed by atoms with Gasteiger partial charge in [0, 0.05) is 0 Å². The van der Waals surface area contributed by atoms with Crippen molar-refractivity contribution in [2.45, 2.75) is 71.1 Å². The van der Waals surface area contributed by atoms with Crippen LogP contribution in [0, 0.1) is 11.8 Å². The van der Waals surface area contributed by atoms with Crippen molar-refractivity contribution < 1.29 is 29.3 Å². The SMILES string of the molecule is C=C(CO)C(=O)Oc1cccc(OC(=O)C(C)CO)c1-c1ccc(-c2ccc(C3CCC(CCCCC)CC3)cc2)cc1. The van der Waals surface area contributed by atoms with E-state index in [1.54, 1.807) is 25.1 Å². The molecule has 6 heteroatoms. The summed E-state index contributed by atoms with van der Waals surface area (Å²) in [5, 5.41) is 18.7. The summed E-state index contributed by atoms with van der Waals surface area (Å²) in [6, 6.07) is 21.4. The fourth-order valence-corrected chi connectivity index (χ4v) is 5.73. The molecule has 228 valence electrons. The third-order valence-corrected chi connectivity index (χ3v) is 8.51. The van der Waals surface area contributed by atoms with Gasteiger partial charge in [-0.3, -0.25) is 4.79 Å². The largest absolute Gasteiger partial charge is 0.425 e. The Morgan fingerprint density at radius 3 is 2.00 bits per heavy atom. The summed E-state index contributed by atoms with van der Waals surface area (Å²) in [5.74, 6) is -0.216. The summed E-state index contributed by atoms with van der Waals surface area (Å²) in [7, 11) is 0. The first-order chi connectivity index (χ1) is 20.8. The fourth-order valence-electron chi connectivity index (χ4n) is 5.73. The van der Waals surface area contributed by atoms with Gasteiger partial charge in [-0.2, -0.15) is 0 Å². The van der Waals surface area contributed by atoms with Crippen LogP contribution in [0.3, 0.4) is 0 Å². The highest BCUT2D eigenvalue weighted by atomic mass is 16.5. The molecule has 1 unspecified atom stereocenters. The number of ether oxygens (including phenoxy) is 2. The maximum Gasteiger partial charge on any atom is 0.341 e. The van der Waals surface area contributed by atoms with Gasteiger partial charge in [0.25, 0.3) is 0 Å². The quantitative estimate of drug-likeness (QED) is 0.0919. The van der Waals surface area contributed by atoms with Gasteiger partial charge in [-0.25, -0.2) is 4.79 Å². The van der Waals surface area contributed by atoms with E-state index in [0.717, 1.165) is 17.0 Å². The van der Waals surface area contributed by atoms with Gasteiger partial charge in [-0.15, -0.1) is 0 Å². The molecule has 0 aromatic heterocycles. The molecule has 1 aliphatic rings. The number of unbranched alkanes of at least 4 members (excludes halogenated alkanes) is 2. The van der Waals surface area contributed by atoms with Crippen LogP contribution in [0.15, 0.2) is 78.9 Å². The highest BCUT2D eigenvalue weighted by Gasteiger charge is 2.23. The Balaban J connectivity index is 1.53. The maximum atomic E-state index is 12.5. The van der Waals surface area contributed by atoms with Gasteiger partial charge >= 0.3 is 11.9 Å². The number of hydrogen-bond acceptors (Lipinski definition) is 6. The van der Waals surface area contributed by atoms with E-state index in [1.165, 1.54) is 56.9 Å². The number of aliphatic hydroxyl groups excluding tert-OH is 2. The van der Waals surface area contributed by atoms with Gasteiger partial charge in [0.15, 0.2) is 0 Å². The average Bonchev–Trinajstić information content (AvgIpc) is 3.04. The molecular weight excluding hydrogens is 540 g/mol. The molecule has 1 saturated carbocycles. The Labute approximate surface area is 255 Å². The maximum absolute atomic E-state index is 12.5. The monoisotopic (exact) mass is 584 g/mol. The second-order valence-electron chi connectivity index (χ2n) is 11.7. The molecule has 2 N–H and O–H groups in total. The first-order valence-corrected chi connectivity index (χ1v) is 15.5. The van der Waals surface area contributed by atoms with Crippen molar-refractivity contribution in [1.82, 2.24) is 0 Å². The van der Waals surface area contributed by atoms with Crippen molar-refractivity contribution in [3.05, 3.63) is 84.4 Å². The molecule has 3 aromatic rings. The van der Waals surface area contributed by atoms with Crippen LogP contribution in [0.5, 0.6) is 11.5 Å². The third kappa shape index (κ3) is 8.43. The number of aliphatic hydroxyl groups is 2. The Morgan fingerprint density at radius 1 is 0.837 bits per heavy atom. The van der Waals surface area contributed by atoms with E-state index in [9.17, 15) is 19.8 Å². The van der Waals surface area contributed by atoms with Crippen molar-refractivity contribution >= 4 is 11.9 Å².